The molecule has 1 aliphatic rings. The maximum absolute atomic E-state index is 13.0. The van der Waals surface area contributed by atoms with E-state index in [2.05, 4.69) is 5.32 Å². The number of nitrogens with zero attached hydrogens (tertiary/aromatic N) is 1. The Morgan fingerprint density at radius 2 is 2.03 bits per heavy atom. The molecule has 2 aromatic rings. The molecule has 30 heavy (non-hydrogen) atoms. The van der Waals surface area contributed by atoms with Gasteiger partial charge in [-0.1, -0.05) is 31.2 Å². The molecule has 0 spiro atoms. The Bertz CT molecular complexity index is 1020. The number of anilines is 1. The van der Waals surface area contributed by atoms with Crippen LogP contribution in [-0.2, 0) is 14.8 Å². The van der Waals surface area contributed by atoms with Gasteiger partial charge in [0.2, 0.25) is 10.0 Å². The van der Waals surface area contributed by atoms with Crippen molar-refractivity contribution in [3.63, 3.8) is 0 Å². The lowest BCUT2D eigenvalue weighted by atomic mass is 10.0. The van der Waals surface area contributed by atoms with Crippen molar-refractivity contribution in [3.8, 4) is 11.5 Å². The zero-order chi connectivity index (χ0) is 21.9. The second kappa shape index (κ2) is 8.95. The minimum Gasteiger partial charge on any atom is -0.496 e. The average molecular weight is 433 g/mol. The van der Waals surface area contributed by atoms with Crippen LogP contribution in [0.1, 0.15) is 36.9 Å². The van der Waals surface area contributed by atoms with Crippen LogP contribution in [0.25, 0.3) is 0 Å². The highest BCUT2D eigenvalue weighted by molar-refractivity contribution is 7.92. The smallest absolute Gasteiger partial charge is 0.261 e. The zero-order valence-corrected chi connectivity index (χ0v) is 18.5. The molecule has 162 valence electrons. The summed E-state index contributed by atoms with van der Waals surface area (Å²) in [5.74, 6) is 0.916. The molecule has 2 atom stereocenters. The van der Waals surface area contributed by atoms with Crippen LogP contribution in [0.3, 0.4) is 0 Å². The molecule has 1 N–H and O–H groups in total. The van der Waals surface area contributed by atoms with Crippen molar-refractivity contribution in [1.29, 1.82) is 0 Å². The van der Waals surface area contributed by atoms with Crippen molar-refractivity contribution in [3.05, 3.63) is 53.6 Å². The van der Waals surface area contributed by atoms with Crippen LogP contribution in [-0.4, -0.2) is 40.3 Å². The number of benzene rings is 2. The predicted octanol–water partition coefficient (Wildman–Crippen LogP) is 3.19. The summed E-state index contributed by atoms with van der Waals surface area (Å²) in [6.45, 7) is 4.13. The van der Waals surface area contributed by atoms with Crippen molar-refractivity contribution in [2.45, 2.75) is 38.8 Å². The van der Waals surface area contributed by atoms with Gasteiger partial charge >= 0.3 is 0 Å². The quantitative estimate of drug-likeness (QED) is 0.758. The van der Waals surface area contributed by atoms with Gasteiger partial charge in [0.25, 0.3) is 5.91 Å². The first-order valence-corrected chi connectivity index (χ1v) is 11.8. The molecule has 0 aliphatic carbocycles. The molecule has 3 rings (SSSR count). The predicted molar refractivity (Wildman–Crippen MR) is 117 cm³/mol. The van der Waals surface area contributed by atoms with Crippen LogP contribution in [0.2, 0.25) is 0 Å². The maximum Gasteiger partial charge on any atom is 0.261 e. The van der Waals surface area contributed by atoms with Crippen molar-refractivity contribution < 1.29 is 22.7 Å². The molecule has 0 radical (unpaired) electrons. The highest BCUT2D eigenvalue weighted by Gasteiger charge is 2.31. The average Bonchev–Trinajstić information content (AvgIpc) is 2.91. The first-order valence-electron chi connectivity index (χ1n) is 9.93. The maximum atomic E-state index is 13.0. The molecule has 7 nitrogen and oxygen atoms in total. The third kappa shape index (κ3) is 4.70. The van der Waals surface area contributed by atoms with E-state index >= 15 is 0 Å². The summed E-state index contributed by atoms with van der Waals surface area (Å²) in [5, 5.41) is 3.06. The molecular formula is C22H28N2O5S. The Morgan fingerprint density at radius 3 is 2.67 bits per heavy atom. The van der Waals surface area contributed by atoms with Crippen molar-refractivity contribution >= 4 is 21.6 Å². The van der Waals surface area contributed by atoms with Gasteiger partial charge in [0, 0.05) is 13.0 Å². The van der Waals surface area contributed by atoms with Crippen molar-refractivity contribution in [2.24, 2.45) is 0 Å². The SMILES string of the molecule is CC[C@@H](NC(=O)[C@@H]1CCN(S(C)(=O)=O)c2ccccc2O1)c1ccc(OC)c(C)c1. The van der Waals surface area contributed by atoms with E-state index in [1.54, 1.807) is 31.4 Å². The number of hydrogen-bond acceptors (Lipinski definition) is 5. The number of para-hydroxylation sites is 2. The molecule has 1 heterocycles. The van der Waals surface area contributed by atoms with E-state index in [-0.39, 0.29) is 24.9 Å². The molecule has 0 fully saturated rings. The first-order chi connectivity index (χ1) is 14.2. The van der Waals surface area contributed by atoms with E-state index in [0.29, 0.717) is 17.9 Å². The normalized spacial score (nSPS) is 17.3. The molecule has 0 saturated carbocycles. The number of carbonyl (C=O) groups is 1. The molecule has 1 amide bonds. The molecular weight excluding hydrogens is 404 g/mol. The fourth-order valence-electron chi connectivity index (χ4n) is 3.66. The van der Waals surface area contributed by atoms with Crippen molar-refractivity contribution in [1.82, 2.24) is 5.32 Å². The van der Waals surface area contributed by atoms with Crippen LogP contribution >= 0.6 is 0 Å². The van der Waals surface area contributed by atoms with Gasteiger partial charge in [0.1, 0.15) is 11.5 Å². The highest BCUT2D eigenvalue weighted by Crippen LogP contribution is 2.34. The number of fused-ring (bicyclic) bond motifs is 1. The fourth-order valence-corrected chi connectivity index (χ4v) is 4.61. The number of methoxy groups -OCH3 is 1. The summed E-state index contributed by atoms with van der Waals surface area (Å²) in [4.78, 5) is 13.0. The van der Waals surface area contributed by atoms with E-state index in [9.17, 15) is 13.2 Å². The molecule has 0 bridgehead atoms. The zero-order valence-electron chi connectivity index (χ0n) is 17.7. The fraction of sp³-hybridized carbons (Fsp3) is 0.409. The number of hydrogen-bond donors (Lipinski definition) is 1. The Morgan fingerprint density at radius 1 is 1.30 bits per heavy atom. The lowest BCUT2D eigenvalue weighted by molar-refractivity contribution is -0.128. The first kappa shape index (κ1) is 22.0. The number of carbonyl (C=O) groups excluding carboxylic acids is 1. The van der Waals surface area contributed by atoms with E-state index in [4.69, 9.17) is 9.47 Å². The summed E-state index contributed by atoms with van der Waals surface area (Å²) in [5.41, 5.74) is 2.43. The number of sulfonamides is 1. The summed E-state index contributed by atoms with van der Waals surface area (Å²) in [6, 6.07) is 12.5. The van der Waals surface area contributed by atoms with E-state index in [1.807, 2.05) is 32.0 Å². The van der Waals surface area contributed by atoms with E-state index in [0.717, 1.165) is 23.1 Å². The lowest BCUT2D eigenvalue weighted by Gasteiger charge is -2.22. The molecule has 1 aliphatic heterocycles. The van der Waals surface area contributed by atoms with Crippen molar-refractivity contribution in [2.75, 3.05) is 24.2 Å². The monoisotopic (exact) mass is 432 g/mol. The number of aryl methyl sites for hydroxylation is 1. The molecule has 8 heteroatoms. The Kier molecular flexibility index (Phi) is 6.55. The van der Waals surface area contributed by atoms with Gasteiger partial charge in [-0.3, -0.25) is 9.10 Å². The van der Waals surface area contributed by atoms with Crippen LogP contribution in [0.15, 0.2) is 42.5 Å². The number of nitrogens with one attached hydrogen (secondary N) is 1. The molecule has 0 aromatic heterocycles. The van der Waals surface area contributed by atoms with Gasteiger partial charge < -0.3 is 14.8 Å². The summed E-state index contributed by atoms with van der Waals surface area (Å²) in [6.07, 6.45) is 1.33. The number of rotatable bonds is 6. The Balaban J connectivity index is 1.81. The number of amides is 1. The van der Waals surface area contributed by atoms with E-state index < -0.39 is 16.1 Å². The van der Waals surface area contributed by atoms with Gasteiger partial charge in [-0.25, -0.2) is 8.42 Å². The minimum atomic E-state index is -3.48. The Hall–Kier alpha value is -2.74. The molecule has 2 aromatic carbocycles. The summed E-state index contributed by atoms with van der Waals surface area (Å²) < 4.78 is 37.0. The highest BCUT2D eigenvalue weighted by atomic mass is 32.2. The van der Waals surface area contributed by atoms with Gasteiger partial charge in [0.15, 0.2) is 6.10 Å². The third-order valence-corrected chi connectivity index (χ3v) is 6.42. The minimum absolute atomic E-state index is 0.173. The second-order valence-corrected chi connectivity index (χ2v) is 9.30. The molecule has 0 unspecified atom stereocenters. The van der Waals surface area contributed by atoms with Gasteiger partial charge in [-0.15, -0.1) is 0 Å². The van der Waals surface area contributed by atoms with E-state index in [1.165, 1.54) is 4.31 Å². The molecule has 0 saturated heterocycles. The van der Waals surface area contributed by atoms with Crippen LogP contribution in [0, 0.1) is 6.92 Å². The van der Waals surface area contributed by atoms with Crippen LogP contribution < -0.4 is 19.1 Å². The van der Waals surface area contributed by atoms with Gasteiger partial charge in [-0.05, 0) is 42.7 Å². The largest absolute Gasteiger partial charge is 0.496 e. The Labute approximate surface area is 178 Å². The van der Waals surface area contributed by atoms with Crippen LogP contribution in [0.4, 0.5) is 5.69 Å². The third-order valence-electron chi connectivity index (χ3n) is 5.24. The van der Waals surface area contributed by atoms with Crippen LogP contribution in [0.5, 0.6) is 11.5 Å². The standard InChI is InChI=1S/C22H28N2O5S/c1-5-17(16-10-11-19(28-3)15(2)14-16)23-22(25)21-12-13-24(30(4,26)27)18-8-6-7-9-20(18)29-21/h6-11,14,17,21H,5,12-13H2,1-4H3,(H,23,25)/t17-,21+/m1/s1. The summed E-state index contributed by atoms with van der Waals surface area (Å²) in [7, 11) is -1.86. The van der Waals surface area contributed by atoms with Gasteiger partial charge in [0.05, 0.1) is 25.1 Å². The number of ether oxygens (including phenoxy) is 2. The van der Waals surface area contributed by atoms with Gasteiger partial charge in [-0.2, -0.15) is 0 Å². The lowest BCUT2D eigenvalue weighted by Crippen LogP contribution is -2.41. The second-order valence-electron chi connectivity index (χ2n) is 7.40. The summed E-state index contributed by atoms with van der Waals surface area (Å²) >= 11 is 0. The topological polar surface area (TPSA) is 84.9 Å².